The third-order valence-electron chi connectivity index (χ3n) is 4.23. The van der Waals surface area contributed by atoms with Gasteiger partial charge in [-0.1, -0.05) is 41.8 Å². The van der Waals surface area contributed by atoms with E-state index in [4.69, 9.17) is 23.2 Å². The molecule has 1 atom stereocenters. The maximum absolute atomic E-state index is 10.8. The summed E-state index contributed by atoms with van der Waals surface area (Å²) in [5, 5.41) is 11.8. The lowest BCUT2D eigenvalue weighted by Gasteiger charge is -2.46. The minimum absolute atomic E-state index is 0.289. The number of aromatic nitrogens is 1. The van der Waals surface area contributed by atoms with Crippen LogP contribution in [-0.4, -0.2) is 10.1 Å². The number of halogens is 2. The van der Waals surface area contributed by atoms with E-state index in [1.807, 2.05) is 30.3 Å². The molecule has 104 valence electrons. The Labute approximate surface area is 128 Å². The minimum Gasteiger partial charge on any atom is -0.386 e. The summed E-state index contributed by atoms with van der Waals surface area (Å²) < 4.78 is 0. The van der Waals surface area contributed by atoms with Gasteiger partial charge in [-0.15, -0.1) is 0 Å². The Morgan fingerprint density at radius 1 is 1.10 bits per heavy atom. The average molecular weight is 308 g/mol. The molecule has 1 fully saturated rings. The van der Waals surface area contributed by atoms with E-state index in [0.717, 1.165) is 24.8 Å². The molecule has 0 bridgehead atoms. The Morgan fingerprint density at radius 2 is 1.90 bits per heavy atom. The second-order valence-electron chi connectivity index (χ2n) is 5.30. The topological polar surface area (TPSA) is 33.1 Å². The van der Waals surface area contributed by atoms with Gasteiger partial charge >= 0.3 is 0 Å². The maximum atomic E-state index is 10.8. The third-order valence-corrected chi connectivity index (χ3v) is 4.97. The number of hydrogen-bond donors (Lipinski definition) is 1. The summed E-state index contributed by atoms with van der Waals surface area (Å²) in [5.41, 5.74) is 1.46. The normalized spacial score (nSPS) is 18.4. The molecule has 4 heteroatoms. The fourth-order valence-electron chi connectivity index (χ4n) is 2.90. The molecule has 1 saturated carbocycles. The lowest BCUT2D eigenvalue weighted by Crippen LogP contribution is -2.40. The number of pyridine rings is 1. The van der Waals surface area contributed by atoms with Gasteiger partial charge in [-0.2, -0.15) is 0 Å². The molecule has 1 unspecified atom stereocenters. The molecule has 1 heterocycles. The Morgan fingerprint density at radius 3 is 2.45 bits per heavy atom. The zero-order chi connectivity index (χ0) is 14.2. The van der Waals surface area contributed by atoms with Crippen LogP contribution in [0.25, 0.3) is 0 Å². The number of nitrogens with zero attached hydrogens (tertiary/aromatic N) is 1. The van der Waals surface area contributed by atoms with E-state index in [1.54, 1.807) is 12.3 Å². The highest BCUT2D eigenvalue weighted by atomic mass is 35.5. The van der Waals surface area contributed by atoms with E-state index < -0.39 is 6.10 Å². The van der Waals surface area contributed by atoms with Gasteiger partial charge in [-0.3, -0.25) is 4.98 Å². The first-order chi connectivity index (χ1) is 9.63. The van der Waals surface area contributed by atoms with E-state index in [9.17, 15) is 5.11 Å². The smallest absolute Gasteiger partial charge is 0.106 e. The van der Waals surface area contributed by atoms with E-state index >= 15 is 0 Å². The molecule has 1 N–H and O–H groups in total. The van der Waals surface area contributed by atoms with Crippen LogP contribution in [0.5, 0.6) is 0 Å². The zero-order valence-electron chi connectivity index (χ0n) is 10.9. The quantitative estimate of drug-likeness (QED) is 0.902. The summed E-state index contributed by atoms with van der Waals surface area (Å²) in [6.07, 6.45) is 4.06. The Kier molecular flexibility index (Phi) is 3.72. The van der Waals surface area contributed by atoms with Crippen molar-refractivity contribution in [1.82, 2.24) is 4.98 Å². The van der Waals surface area contributed by atoms with Crippen LogP contribution < -0.4 is 0 Å². The van der Waals surface area contributed by atoms with Crippen LogP contribution in [0.15, 0.2) is 42.6 Å². The summed E-state index contributed by atoms with van der Waals surface area (Å²) in [4.78, 5) is 4.28. The maximum Gasteiger partial charge on any atom is 0.106 e. The van der Waals surface area contributed by atoms with Gasteiger partial charge in [-0.25, -0.2) is 0 Å². The van der Waals surface area contributed by atoms with Crippen molar-refractivity contribution in [1.29, 1.82) is 0 Å². The Balaban J connectivity index is 2.01. The van der Waals surface area contributed by atoms with Crippen molar-refractivity contribution in [3.63, 3.8) is 0 Å². The lowest BCUT2D eigenvalue weighted by atomic mass is 9.60. The predicted octanol–water partition coefficient (Wildman–Crippen LogP) is 4.54. The second-order valence-corrected chi connectivity index (χ2v) is 6.11. The second kappa shape index (κ2) is 5.36. The van der Waals surface area contributed by atoms with Crippen LogP contribution in [0.3, 0.4) is 0 Å². The van der Waals surface area contributed by atoms with Crippen molar-refractivity contribution in [2.24, 2.45) is 0 Å². The molecular weight excluding hydrogens is 293 g/mol. The number of aliphatic hydroxyl groups is 1. The standard InChI is InChI=1S/C16H15Cl2NO/c17-12-6-5-11(10-13(12)18)16(7-3-8-16)15(20)14-4-1-2-9-19-14/h1-2,4-6,9-10,15,20H,3,7-8H2. The van der Waals surface area contributed by atoms with Gasteiger partial charge in [0.2, 0.25) is 0 Å². The molecule has 2 nitrogen and oxygen atoms in total. The SMILES string of the molecule is OC(c1ccccn1)C1(c2ccc(Cl)c(Cl)c2)CCC1. The zero-order valence-corrected chi connectivity index (χ0v) is 12.4. The van der Waals surface area contributed by atoms with Gasteiger partial charge < -0.3 is 5.11 Å². The first kappa shape index (κ1) is 13.9. The first-order valence-electron chi connectivity index (χ1n) is 6.68. The molecule has 20 heavy (non-hydrogen) atoms. The van der Waals surface area contributed by atoms with Gasteiger partial charge in [0.05, 0.1) is 15.7 Å². The monoisotopic (exact) mass is 307 g/mol. The molecule has 1 aromatic heterocycles. The van der Waals surface area contributed by atoms with E-state index in [-0.39, 0.29) is 5.41 Å². The van der Waals surface area contributed by atoms with Crippen molar-refractivity contribution >= 4 is 23.2 Å². The molecule has 0 aliphatic heterocycles. The summed E-state index contributed by atoms with van der Waals surface area (Å²) in [5.74, 6) is 0. The van der Waals surface area contributed by atoms with Crippen molar-refractivity contribution in [3.8, 4) is 0 Å². The summed E-state index contributed by atoms with van der Waals surface area (Å²) in [6.45, 7) is 0. The molecule has 3 rings (SSSR count). The van der Waals surface area contributed by atoms with Crippen molar-refractivity contribution in [3.05, 3.63) is 63.9 Å². The number of rotatable bonds is 3. The van der Waals surface area contributed by atoms with E-state index in [0.29, 0.717) is 15.7 Å². The molecule has 0 spiro atoms. The highest BCUT2D eigenvalue weighted by molar-refractivity contribution is 6.42. The summed E-state index contributed by atoms with van der Waals surface area (Å²) >= 11 is 12.1. The highest BCUT2D eigenvalue weighted by Crippen LogP contribution is 2.52. The predicted molar refractivity (Wildman–Crippen MR) is 81.2 cm³/mol. The summed E-state index contributed by atoms with van der Waals surface area (Å²) in [7, 11) is 0. The molecule has 0 saturated heterocycles. The van der Waals surface area contributed by atoms with Crippen LogP contribution in [-0.2, 0) is 5.41 Å². The first-order valence-corrected chi connectivity index (χ1v) is 7.44. The van der Waals surface area contributed by atoms with Crippen LogP contribution in [0, 0.1) is 0 Å². The number of benzene rings is 1. The van der Waals surface area contributed by atoms with Gasteiger partial charge in [0.25, 0.3) is 0 Å². The molecular formula is C16H15Cl2NO. The van der Waals surface area contributed by atoms with Gasteiger partial charge in [0, 0.05) is 11.6 Å². The highest BCUT2D eigenvalue weighted by Gasteiger charge is 2.46. The van der Waals surface area contributed by atoms with Crippen LogP contribution in [0.1, 0.15) is 36.6 Å². The average Bonchev–Trinajstić information content (AvgIpc) is 2.42. The van der Waals surface area contributed by atoms with Crippen LogP contribution in [0.2, 0.25) is 10.0 Å². The molecule has 2 aromatic rings. The van der Waals surface area contributed by atoms with Gasteiger partial charge in [0.15, 0.2) is 0 Å². The lowest BCUT2D eigenvalue weighted by molar-refractivity contribution is 0.0238. The Hall–Kier alpha value is -1.09. The van der Waals surface area contributed by atoms with Gasteiger partial charge in [0.1, 0.15) is 6.10 Å². The number of hydrogen-bond acceptors (Lipinski definition) is 2. The fraction of sp³-hybridized carbons (Fsp3) is 0.312. The molecule has 1 aromatic carbocycles. The minimum atomic E-state index is -0.616. The van der Waals surface area contributed by atoms with Crippen LogP contribution in [0.4, 0.5) is 0 Å². The van der Waals surface area contributed by atoms with Crippen molar-refractivity contribution < 1.29 is 5.11 Å². The van der Waals surface area contributed by atoms with Gasteiger partial charge in [-0.05, 0) is 42.7 Å². The summed E-state index contributed by atoms with van der Waals surface area (Å²) in [6, 6.07) is 11.2. The van der Waals surface area contributed by atoms with E-state index in [2.05, 4.69) is 4.98 Å². The molecule has 0 amide bonds. The molecule has 0 radical (unpaired) electrons. The third kappa shape index (κ3) is 2.22. The Bertz CT molecular complexity index is 611. The van der Waals surface area contributed by atoms with E-state index in [1.165, 1.54) is 0 Å². The number of aliphatic hydroxyl groups excluding tert-OH is 1. The van der Waals surface area contributed by atoms with Crippen LogP contribution >= 0.6 is 23.2 Å². The van der Waals surface area contributed by atoms with Crippen molar-refractivity contribution in [2.75, 3.05) is 0 Å². The molecule has 1 aliphatic carbocycles. The largest absolute Gasteiger partial charge is 0.386 e. The fourth-order valence-corrected chi connectivity index (χ4v) is 3.20. The van der Waals surface area contributed by atoms with Crippen molar-refractivity contribution in [2.45, 2.75) is 30.8 Å². The molecule has 1 aliphatic rings.